The zero-order valence-electron chi connectivity index (χ0n) is 12.1. The Balaban J connectivity index is 1.66. The van der Waals surface area contributed by atoms with Crippen LogP contribution in [-0.4, -0.2) is 34.1 Å². The van der Waals surface area contributed by atoms with Crippen molar-refractivity contribution in [2.75, 3.05) is 18.8 Å². The molecule has 8 heteroatoms. The molecule has 0 saturated carbocycles. The molecule has 0 aromatic carbocycles. The Morgan fingerprint density at radius 1 is 1.43 bits per heavy atom. The van der Waals surface area contributed by atoms with Crippen molar-refractivity contribution in [1.29, 1.82) is 0 Å². The molecular weight excluding hydrogens is 339 g/mol. The highest BCUT2D eigenvalue weighted by Crippen LogP contribution is 2.32. The van der Waals surface area contributed by atoms with Crippen LogP contribution in [0.4, 0.5) is 10.2 Å². The predicted molar refractivity (Wildman–Crippen MR) is 89.3 cm³/mol. The lowest BCUT2D eigenvalue weighted by atomic mass is 10.3. The van der Waals surface area contributed by atoms with Gasteiger partial charge in [-0.1, -0.05) is 0 Å². The van der Waals surface area contributed by atoms with Crippen molar-refractivity contribution in [1.82, 2.24) is 14.9 Å². The number of fused-ring (bicyclic) bond motifs is 1. The fourth-order valence-corrected chi connectivity index (χ4v) is 3.99. The van der Waals surface area contributed by atoms with Gasteiger partial charge in [-0.05, 0) is 36.2 Å². The van der Waals surface area contributed by atoms with Crippen LogP contribution in [0.5, 0.6) is 0 Å². The molecule has 0 radical (unpaired) electrons. The summed E-state index contributed by atoms with van der Waals surface area (Å²) < 4.78 is 18.6. The number of likely N-dealkylation sites (tertiary alicyclic amines) is 1. The van der Waals surface area contributed by atoms with E-state index < -0.39 is 6.17 Å². The third-order valence-corrected chi connectivity index (χ3v) is 5.08. The van der Waals surface area contributed by atoms with Crippen molar-refractivity contribution >= 4 is 39.0 Å². The molecule has 23 heavy (non-hydrogen) atoms. The number of rotatable bonds is 3. The Hall–Kier alpha value is -1.70. The van der Waals surface area contributed by atoms with E-state index in [1.165, 1.54) is 0 Å². The Kier molecular flexibility index (Phi) is 3.71. The van der Waals surface area contributed by atoms with Crippen molar-refractivity contribution < 1.29 is 8.81 Å². The zero-order chi connectivity index (χ0) is 16.0. The molecule has 0 spiro atoms. The minimum Gasteiger partial charge on any atom is -0.441 e. The van der Waals surface area contributed by atoms with Crippen LogP contribution in [0, 0.1) is 0 Å². The highest BCUT2D eigenvalue weighted by atomic mass is 35.5. The maximum absolute atomic E-state index is 13.3. The van der Waals surface area contributed by atoms with Gasteiger partial charge in [0.1, 0.15) is 16.8 Å². The van der Waals surface area contributed by atoms with Gasteiger partial charge in [0.05, 0.1) is 5.39 Å². The van der Waals surface area contributed by atoms with Crippen LogP contribution in [0.25, 0.3) is 21.8 Å². The average Bonchev–Trinajstić information content (AvgIpc) is 3.20. The SMILES string of the molecule is Nc1nc(-c2ccc(Cl)o2)nc2sc(CN3CCC(F)C3)cc12. The first-order chi connectivity index (χ1) is 11.1. The van der Waals surface area contributed by atoms with E-state index in [1.807, 2.05) is 6.07 Å². The summed E-state index contributed by atoms with van der Waals surface area (Å²) in [5, 5.41) is 1.10. The van der Waals surface area contributed by atoms with Gasteiger partial charge in [-0.2, -0.15) is 0 Å². The number of furan rings is 1. The summed E-state index contributed by atoms with van der Waals surface area (Å²) in [5.41, 5.74) is 6.05. The summed E-state index contributed by atoms with van der Waals surface area (Å²) >= 11 is 7.34. The average molecular weight is 353 g/mol. The minimum atomic E-state index is -0.718. The second kappa shape index (κ2) is 5.74. The number of nitrogens with two attached hydrogens (primary N) is 1. The first-order valence-electron chi connectivity index (χ1n) is 7.26. The van der Waals surface area contributed by atoms with E-state index in [4.69, 9.17) is 21.8 Å². The second-order valence-electron chi connectivity index (χ2n) is 5.59. The van der Waals surface area contributed by atoms with Crippen molar-refractivity contribution in [2.24, 2.45) is 0 Å². The molecule has 1 saturated heterocycles. The first kappa shape index (κ1) is 14.9. The number of hydrogen-bond donors (Lipinski definition) is 1. The van der Waals surface area contributed by atoms with Gasteiger partial charge in [-0.15, -0.1) is 11.3 Å². The lowest BCUT2D eigenvalue weighted by Gasteiger charge is -2.12. The van der Waals surface area contributed by atoms with Gasteiger partial charge in [0, 0.05) is 24.5 Å². The molecule has 1 aliphatic heterocycles. The predicted octanol–water partition coefficient (Wildman–Crippen LogP) is 3.73. The lowest BCUT2D eigenvalue weighted by molar-refractivity contribution is 0.284. The highest BCUT2D eigenvalue weighted by molar-refractivity contribution is 7.18. The number of alkyl halides is 1. The molecule has 4 heterocycles. The van der Waals surface area contributed by atoms with E-state index in [0.717, 1.165) is 21.6 Å². The molecule has 3 aromatic heterocycles. The number of nitrogen functional groups attached to an aromatic ring is 1. The summed E-state index contributed by atoms with van der Waals surface area (Å²) in [5.74, 6) is 1.31. The van der Waals surface area contributed by atoms with Gasteiger partial charge < -0.3 is 10.2 Å². The minimum absolute atomic E-state index is 0.281. The van der Waals surface area contributed by atoms with Crippen LogP contribution in [0.2, 0.25) is 5.22 Å². The van der Waals surface area contributed by atoms with Crippen molar-refractivity contribution in [2.45, 2.75) is 19.1 Å². The van der Waals surface area contributed by atoms with E-state index in [9.17, 15) is 4.39 Å². The van der Waals surface area contributed by atoms with Crippen LogP contribution in [0.15, 0.2) is 22.6 Å². The fourth-order valence-electron chi connectivity index (χ4n) is 2.77. The Morgan fingerprint density at radius 2 is 2.30 bits per heavy atom. The molecule has 0 amide bonds. The third-order valence-electron chi connectivity index (χ3n) is 3.86. The van der Waals surface area contributed by atoms with Crippen LogP contribution < -0.4 is 5.73 Å². The molecule has 0 bridgehead atoms. The summed E-state index contributed by atoms with van der Waals surface area (Å²) in [4.78, 5) is 12.8. The summed E-state index contributed by atoms with van der Waals surface area (Å²) in [6, 6.07) is 5.34. The highest BCUT2D eigenvalue weighted by Gasteiger charge is 2.22. The largest absolute Gasteiger partial charge is 0.441 e. The van der Waals surface area contributed by atoms with Gasteiger partial charge >= 0.3 is 0 Å². The Labute approximate surface area is 140 Å². The van der Waals surface area contributed by atoms with Crippen LogP contribution in [0.3, 0.4) is 0 Å². The van der Waals surface area contributed by atoms with Crippen LogP contribution >= 0.6 is 22.9 Å². The summed E-state index contributed by atoms with van der Waals surface area (Å²) in [6.45, 7) is 1.99. The van der Waals surface area contributed by atoms with Gasteiger partial charge in [0.25, 0.3) is 0 Å². The monoisotopic (exact) mass is 352 g/mol. The summed E-state index contributed by atoms with van der Waals surface area (Å²) in [7, 11) is 0. The molecule has 1 aliphatic rings. The van der Waals surface area contributed by atoms with E-state index in [1.54, 1.807) is 23.5 Å². The van der Waals surface area contributed by atoms with Gasteiger partial charge in [-0.3, -0.25) is 4.90 Å². The number of thiophene rings is 1. The molecule has 1 fully saturated rings. The molecular formula is C15H14ClFN4OS. The lowest BCUT2D eigenvalue weighted by Crippen LogP contribution is -2.19. The maximum Gasteiger partial charge on any atom is 0.199 e. The Bertz CT molecular complexity index is 864. The second-order valence-corrected chi connectivity index (χ2v) is 7.08. The maximum atomic E-state index is 13.3. The topological polar surface area (TPSA) is 68.2 Å². The first-order valence-corrected chi connectivity index (χ1v) is 8.46. The van der Waals surface area contributed by atoms with Crippen molar-refractivity contribution in [3.05, 3.63) is 28.3 Å². The van der Waals surface area contributed by atoms with Crippen molar-refractivity contribution in [3.8, 4) is 11.6 Å². The zero-order valence-corrected chi connectivity index (χ0v) is 13.7. The number of halogens is 2. The van der Waals surface area contributed by atoms with E-state index >= 15 is 0 Å². The molecule has 1 unspecified atom stereocenters. The van der Waals surface area contributed by atoms with Gasteiger partial charge in [-0.25, -0.2) is 14.4 Å². The van der Waals surface area contributed by atoms with Crippen LogP contribution in [0.1, 0.15) is 11.3 Å². The normalized spacial score (nSPS) is 19.0. The quantitative estimate of drug-likeness (QED) is 0.777. The van der Waals surface area contributed by atoms with Crippen LogP contribution in [-0.2, 0) is 6.54 Å². The number of nitrogens with zero attached hydrogens (tertiary/aromatic N) is 3. The number of aromatic nitrogens is 2. The molecule has 5 nitrogen and oxygen atoms in total. The molecule has 0 aliphatic carbocycles. The number of hydrogen-bond acceptors (Lipinski definition) is 6. The van der Waals surface area contributed by atoms with E-state index in [2.05, 4.69) is 14.9 Å². The standard InChI is InChI=1S/C15H14ClFN4OS/c16-12-2-1-11(22-12)14-19-13(18)10-5-9(23-15(10)20-14)7-21-4-3-8(17)6-21/h1-2,5,8H,3-4,6-7H2,(H2,18,19,20). The molecule has 4 rings (SSSR count). The van der Waals surface area contributed by atoms with Gasteiger partial charge in [0.2, 0.25) is 0 Å². The Morgan fingerprint density at radius 3 is 3.00 bits per heavy atom. The smallest absolute Gasteiger partial charge is 0.199 e. The molecule has 3 aromatic rings. The number of anilines is 1. The fraction of sp³-hybridized carbons (Fsp3) is 0.333. The molecule has 120 valence electrons. The summed E-state index contributed by atoms with van der Waals surface area (Å²) in [6.07, 6.45) is -0.111. The van der Waals surface area contributed by atoms with E-state index in [0.29, 0.717) is 36.9 Å². The molecule has 1 atom stereocenters. The van der Waals surface area contributed by atoms with E-state index in [-0.39, 0.29) is 5.22 Å². The van der Waals surface area contributed by atoms with Crippen molar-refractivity contribution in [3.63, 3.8) is 0 Å². The molecule has 2 N–H and O–H groups in total. The third kappa shape index (κ3) is 2.91. The van der Waals surface area contributed by atoms with Gasteiger partial charge in [0.15, 0.2) is 16.8 Å².